The second-order valence-corrected chi connectivity index (χ2v) is 5.35. The lowest BCUT2D eigenvalue weighted by Crippen LogP contribution is -2.39. The molecule has 0 saturated carbocycles. The molecule has 5 nitrogen and oxygen atoms in total. The van der Waals surface area contributed by atoms with Gasteiger partial charge in [-0.15, -0.1) is 0 Å². The van der Waals surface area contributed by atoms with Gasteiger partial charge in [0, 0.05) is 26.4 Å². The van der Waals surface area contributed by atoms with Gasteiger partial charge in [0.05, 0.1) is 12.8 Å². The molecule has 1 amide bonds. The van der Waals surface area contributed by atoms with E-state index in [4.69, 9.17) is 4.74 Å². The summed E-state index contributed by atoms with van der Waals surface area (Å²) in [6.45, 7) is 5.05. The number of likely N-dealkylation sites (tertiary alicyclic amines) is 1. The summed E-state index contributed by atoms with van der Waals surface area (Å²) in [4.78, 5) is 14.1. The minimum Gasteiger partial charge on any atom is -0.384 e. The smallest absolute Gasteiger partial charge is 0.244 e. The van der Waals surface area contributed by atoms with Crippen LogP contribution in [0.2, 0.25) is 0 Å². The van der Waals surface area contributed by atoms with Crippen LogP contribution in [0.25, 0.3) is 0 Å². The van der Waals surface area contributed by atoms with Crippen molar-refractivity contribution in [2.24, 2.45) is 5.92 Å². The Kier molecular flexibility index (Phi) is 4.96. The summed E-state index contributed by atoms with van der Waals surface area (Å²) in [5.41, 5.74) is 1.11. The van der Waals surface area contributed by atoms with Crippen molar-refractivity contribution in [3.8, 4) is 0 Å². The van der Waals surface area contributed by atoms with Crippen LogP contribution in [0, 0.1) is 5.92 Å². The monoisotopic (exact) mass is 265 g/mol. The first-order valence-corrected chi connectivity index (χ1v) is 6.97. The number of piperidine rings is 1. The molecule has 2 heterocycles. The largest absolute Gasteiger partial charge is 0.384 e. The quantitative estimate of drug-likeness (QED) is 0.807. The number of ether oxygens (including phenoxy) is 1. The van der Waals surface area contributed by atoms with E-state index in [2.05, 4.69) is 12.0 Å². The van der Waals surface area contributed by atoms with Gasteiger partial charge in [-0.3, -0.25) is 9.48 Å². The highest BCUT2D eigenvalue weighted by Crippen LogP contribution is 2.16. The van der Waals surface area contributed by atoms with Gasteiger partial charge in [-0.1, -0.05) is 6.92 Å². The van der Waals surface area contributed by atoms with Gasteiger partial charge in [0.25, 0.3) is 0 Å². The van der Waals surface area contributed by atoms with Gasteiger partial charge in [0.15, 0.2) is 0 Å². The highest BCUT2D eigenvalue weighted by molar-refractivity contribution is 5.76. The van der Waals surface area contributed by atoms with Crippen LogP contribution in [0.4, 0.5) is 0 Å². The van der Waals surface area contributed by atoms with Crippen LogP contribution in [0.5, 0.6) is 0 Å². The normalized spacial score (nSPS) is 16.8. The number of amides is 1. The van der Waals surface area contributed by atoms with Gasteiger partial charge in [-0.2, -0.15) is 5.10 Å². The third-order valence-electron chi connectivity index (χ3n) is 3.72. The molecule has 1 aromatic rings. The van der Waals surface area contributed by atoms with Gasteiger partial charge >= 0.3 is 0 Å². The van der Waals surface area contributed by atoms with Gasteiger partial charge in [-0.05, 0) is 30.7 Å². The zero-order valence-electron chi connectivity index (χ0n) is 11.8. The molecule has 1 saturated heterocycles. The SMILES string of the molecule is COCCc1cnn(CC(=O)N2CCC(C)CC2)c1. The third-order valence-corrected chi connectivity index (χ3v) is 3.72. The molecule has 1 aliphatic rings. The molecular formula is C14H23N3O2. The first kappa shape index (κ1) is 14.1. The van der Waals surface area contributed by atoms with E-state index in [1.807, 2.05) is 17.3 Å². The standard InChI is InChI=1S/C14H23N3O2/c1-12-3-6-16(7-4-12)14(18)11-17-10-13(9-15-17)5-8-19-2/h9-10,12H,3-8,11H2,1-2H3. The van der Waals surface area contributed by atoms with Crippen LogP contribution in [-0.4, -0.2) is 47.4 Å². The second kappa shape index (κ2) is 6.70. The van der Waals surface area contributed by atoms with Gasteiger partial charge in [-0.25, -0.2) is 0 Å². The molecule has 5 heteroatoms. The lowest BCUT2D eigenvalue weighted by molar-refractivity contribution is -0.133. The van der Waals surface area contributed by atoms with E-state index in [9.17, 15) is 4.79 Å². The van der Waals surface area contributed by atoms with Crippen molar-refractivity contribution in [2.45, 2.75) is 32.7 Å². The minimum atomic E-state index is 0.174. The summed E-state index contributed by atoms with van der Waals surface area (Å²) >= 11 is 0. The molecule has 106 valence electrons. The number of methoxy groups -OCH3 is 1. The Labute approximate surface area is 114 Å². The molecule has 0 aromatic carbocycles. The van der Waals surface area contributed by atoms with Crippen LogP contribution < -0.4 is 0 Å². The highest BCUT2D eigenvalue weighted by atomic mass is 16.5. The fourth-order valence-corrected chi connectivity index (χ4v) is 2.34. The number of rotatable bonds is 5. The summed E-state index contributed by atoms with van der Waals surface area (Å²) in [5, 5.41) is 4.23. The number of carbonyl (C=O) groups excluding carboxylic acids is 1. The van der Waals surface area contributed by atoms with Crippen LogP contribution in [0.15, 0.2) is 12.4 Å². The van der Waals surface area contributed by atoms with E-state index in [0.29, 0.717) is 13.2 Å². The number of nitrogens with zero attached hydrogens (tertiary/aromatic N) is 3. The van der Waals surface area contributed by atoms with E-state index in [0.717, 1.165) is 43.8 Å². The van der Waals surface area contributed by atoms with Crippen molar-refractivity contribution in [3.05, 3.63) is 18.0 Å². The van der Waals surface area contributed by atoms with E-state index in [1.165, 1.54) is 0 Å². The van der Waals surface area contributed by atoms with E-state index < -0.39 is 0 Å². The fourth-order valence-electron chi connectivity index (χ4n) is 2.34. The van der Waals surface area contributed by atoms with Crippen LogP contribution >= 0.6 is 0 Å². The first-order valence-electron chi connectivity index (χ1n) is 6.97. The molecule has 1 aliphatic heterocycles. The minimum absolute atomic E-state index is 0.174. The number of hydrogen-bond donors (Lipinski definition) is 0. The predicted octanol–water partition coefficient (Wildman–Crippen LogP) is 1.33. The lowest BCUT2D eigenvalue weighted by atomic mass is 9.99. The summed E-state index contributed by atoms with van der Waals surface area (Å²) in [5.74, 6) is 0.919. The van der Waals surface area contributed by atoms with E-state index in [-0.39, 0.29) is 5.91 Å². The van der Waals surface area contributed by atoms with Gasteiger partial charge in [0.1, 0.15) is 6.54 Å². The molecular weight excluding hydrogens is 242 g/mol. The topological polar surface area (TPSA) is 47.4 Å². The molecule has 1 aromatic heterocycles. The fraction of sp³-hybridized carbons (Fsp3) is 0.714. The summed E-state index contributed by atoms with van der Waals surface area (Å²) < 4.78 is 6.76. The molecule has 0 atom stereocenters. The molecule has 1 fully saturated rings. The average Bonchev–Trinajstić information content (AvgIpc) is 2.84. The number of aromatic nitrogens is 2. The second-order valence-electron chi connectivity index (χ2n) is 5.35. The Hall–Kier alpha value is -1.36. The number of hydrogen-bond acceptors (Lipinski definition) is 3. The average molecular weight is 265 g/mol. The third kappa shape index (κ3) is 4.06. The Morgan fingerprint density at radius 2 is 2.21 bits per heavy atom. The molecule has 0 aliphatic carbocycles. The Bertz CT molecular complexity index is 409. The first-order chi connectivity index (χ1) is 9.19. The van der Waals surface area contributed by atoms with Crippen LogP contribution in [-0.2, 0) is 22.5 Å². The van der Waals surface area contributed by atoms with Crippen molar-refractivity contribution in [1.29, 1.82) is 0 Å². The molecule has 0 N–H and O–H groups in total. The molecule has 2 rings (SSSR count). The molecule has 19 heavy (non-hydrogen) atoms. The highest BCUT2D eigenvalue weighted by Gasteiger charge is 2.20. The maximum atomic E-state index is 12.1. The van der Waals surface area contributed by atoms with Crippen molar-refractivity contribution in [3.63, 3.8) is 0 Å². The van der Waals surface area contributed by atoms with E-state index in [1.54, 1.807) is 11.8 Å². The van der Waals surface area contributed by atoms with Crippen molar-refractivity contribution < 1.29 is 9.53 Å². The summed E-state index contributed by atoms with van der Waals surface area (Å²) in [7, 11) is 1.69. The molecule has 0 bridgehead atoms. The molecule has 0 radical (unpaired) electrons. The predicted molar refractivity (Wildman–Crippen MR) is 72.8 cm³/mol. The van der Waals surface area contributed by atoms with Gasteiger partial charge in [0.2, 0.25) is 5.91 Å². The van der Waals surface area contributed by atoms with Crippen molar-refractivity contribution in [1.82, 2.24) is 14.7 Å². The Balaban J connectivity index is 1.83. The lowest BCUT2D eigenvalue weighted by Gasteiger charge is -2.30. The maximum Gasteiger partial charge on any atom is 0.244 e. The summed E-state index contributed by atoms with van der Waals surface area (Å²) in [6.07, 6.45) is 6.81. The van der Waals surface area contributed by atoms with Crippen LogP contribution in [0.3, 0.4) is 0 Å². The number of carbonyl (C=O) groups is 1. The zero-order valence-corrected chi connectivity index (χ0v) is 11.8. The summed E-state index contributed by atoms with van der Waals surface area (Å²) in [6, 6.07) is 0. The Morgan fingerprint density at radius 3 is 2.89 bits per heavy atom. The van der Waals surface area contributed by atoms with Crippen molar-refractivity contribution in [2.75, 3.05) is 26.8 Å². The maximum absolute atomic E-state index is 12.1. The zero-order chi connectivity index (χ0) is 13.7. The van der Waals surface area contributed by atoms with Crippen molar-refractivity contribution >= 4 is 5.91 Å². The van der Waals surface area contributed by atoms with Gasteiger partial charge < -0.3 is 9.64 Å². The molecule has 0 unspecified atom stereocenters. The molecule has 0 spiro atoms. The van der Waals surface area contributed by atoms with Crippen LogP contribution in [0.1, 0.15) is 25.3 Å². The van der Waals surface area contributed by atoms with E-state index >= 15 is 0 Å². The Morgan fingerprint density at radius 1 is 1.47 bits per heavy atom.